The Kier molecular flexibility index (Phi) is 5.13. The molecule has 1 atom stereocenters. The number of amides is 2. The van der Waals surface area contributed by atoms with Crippen molar-refractivity contribution >= 4 is 23.2 Å². The molecular formula is C17H20N4O3. The predicted molar refractivity (Wildman–Crippen MR) is 92.1 cm³/mol. The molecule has 1 heterocycles. The van der Waals surface area contributed by atoms with E-state index in [-0.39, 0.29) is 11.8 Å². The van der Waals surface area contributed by atoms with Gasteiger partial charge in [0.05, 0.1) is 0 Å². The van der Waals surface area contributed by atoms with Crippen LogP contribution < -0.4 is 16.3 Å². The number of hydrogen-bond acceptors (Lipinski definition) is 4. The van der Waals surface area contributed by atoms with Crippen LogP contribution in [-0.2, 0) is 9.59 Å². The smallest absolute Gasteiger partial charge is 0.326 e. The number of aryl methyl sites for hydroxylation is 2. The number of anilines is 2. The Bertz CT molecular complexity index is 825. The minimum Gasteiger partial charge on any atom is -0.326 e. The molecule has 0 aliphatic rings. The Morgan fingerprint density at radius 2 is 1.62 bits per heavy atom. The molecule has 1 aromatic heterocycles. The quantitative estimate of drug-likeness (QED) is 0.898. The third-order valence-corrected chi connectivity index (χ3v) is 3.52. The van der Waals surface area contributed by atoms with Crippen molar-refractivity contribution < 1.29 is 9.59 Å². The molecule has 0 fully saturated rings. The van der Waals surface area contributed by atoms with Crippen LogP contribution in [0.25, 0.3) is 0 Å². The third kappa shape index (κ3) is 4.07. The topological polar surface area (TPSA) is 93.1 Å². The Balaban J connectivity index is 2.15. The lowest BCUT2D eigenvalue weighted by molar-refractivity contribution is -0.119. The van der Waals surface area contributed by atoms with Crippen molar-refractivity contribution in [1.82, 2.24) is 9.55 Å². The van der Waals surface area contributed by atoms with E-state index in [9.17, 15) is 14.4 Å². The summed E-state index contributed by atoms with van der Waals surface area (Å²) < 4.78 is 1.36. The van der Waals surface area contributed by atoms with Crippen molar-refractivity contribution in [2.24, 2.45) is 0 Å². The molecule has 0 bridgehead atoms. The molecule has 1 aromatic carbocycles. The number of hydrogen-bond donors (Lipinski definition) is 2. The fourth-order valence-corrected chi connectivity index (χ4v) is 2.43. The van der Waals surface area contributed by atoms with E-state index in [1.165, 1.54) is 11.5 Å². The lowest BCUT2D eigenvalue weighted by Crippen LogP contribution is -2.34. The summed E-state index contributed by atoms with van der Waals surface area (Å²) in [6.07, 6.45) is 0. The van der Waals surface area contributed by atoms with Gasteiger partial charge < -0.3 is 10.6 Å². The SMILES string of the molecule is CC(=O)Nc1ccc(NC(=O)[C@H](C)n2c(C)cc(C)nc2=O)cc1. The van der Waals surface area contributed by atoms with Crippen LogP contribution in [0, 0.1) is 13.8 Å². The summed E-state index contributed by atoms with van der Waals surface area (Å²) in [5.41, 5.74) is 2.07. The average molecular weight is 328 g/mol. The van der Waals surface area contributed by atoms with Crippen LogP contribution in [0.1, 0.15) is 31.3 Å². The first kappa shape index (κ1) is 17.4. The zero-order chi connectivity index (χ0) is 17.9. The van der Waals surface area contributed by atoms with Crippen molar-refractivity contribution in [2.45, 2.75) is 33.7 Å². The number of carbonyl (C=O) groups is 2. The van der Waals surface area contributed by atoms with Crippen LogP contribution in [0.5, 0.6) is 0 Å². The van der Waals surface area contributed by atoms with E-state index in [1.807, 2.05) is 0 Å². The van der Waals surface area contributed by atoms with E-state index >= 15 is 0 Å². The largest absolute Gasteiger partial charge is 0.348 e. The summed E-state index contributed by atoms with van der Waals surface area (Å²) in [4.78, 5) is 39.3. The molecule has 0 saturated heterocycles. The van der Waals surface area contributed by atoms with Gasteiger partial charge in [-0.25, -0.2) is 4.79 Å². The molecule has 2 amide bonds. The molecule has 7 heteroatoms. The first-order valence-electron chi connectivity index (χ1n) is 7.53. The van der Waals surface area contributed by atoms with E-state index in [1.54, 1.807) is 51.1 Å². The van der Waals surface area contributed by atoms with Gasteiger partial charge >= 0.3 is 5.69 Å². The molecule has 0 spiro atoms. The van der Waals surface area contributed by atoms with Gasteiger partial charge in [0, 0.05) is 29.7 Å². The highest BCUT2D eigenvalue weighted by molar-refractivity contribution is 5.94. The molecule has 126 valence electrons. The summed E-state index contributed by atoms with van der Waals surface area (Å²) in [5.74, 6) is -0.486. The number of rotatable bonds is 4. The number of carbonyl (C=O) groups excluding carboxylic acids is 2. The van der Waals surface area contributed by atoms with Gasteiger partial charge in [-0.1, -0.05) is 0 Å². The highest BCUT2D eigenvalue weighted by atomic mass is 16.2. The molecule has 7 nitrogen and oxygen atoms in total. The van der Waals surface area contributed by atoms with Crippen molar-refractivity contribution in [2.75, 3.05) is 10.6 Å². The van der Waals surface area contributed by atoms with Gasteiger partial charge in [-0.05, 0) is 51.1 Å². The molecule has 2 aromatic rings. The maximum atomic E-state index is 12.4. The van der Waals surface area contributed by atoms with Crippen LogP contribution in [0.2, 0.25) is 0 Å². The van der Waals surface area contributed by atoms with E-state index < -0.39 is 11.7 Å². The van der Waals surface area contributed by atoms with Gasteiger partial charge in [-0.2, -0.15) is 4.98 Å². The Morgan fingerprint density at radius 3 is 2.12 bits per heavy atom. The third-order valence-electron chi connectivity index (χ3n) is 3.52. The van der Waals surface area contributed by atoms with E-state index in [0.717, 1.165) is 0 Å². The van der Waals surface area contributed by atoms with Crippen LogP contribution >= 0.6 is 0 Å². The summed E-state index contributed by atoms with van der Waals surface area (Å²) in [7, 11) is 0. The van der Waals surface area contributed by atoms with Crippen molar-refractivity contribution in [3.63, 3.8) is 0 Å². The van der Waals surface area contributed by atoms with Crippen molar-refractivity contribution in [3.8, 4) is 0 Å². The highest BCUT2D eigenvalue weighted by Gasteiger charge is 2.18. The first-order chi connectivity index (χ1) is 11.3. The number of benzene rings is 1. The van der Waals surface area contributed by atoms with E-state index in [2.05, 4.69) is 15.6 Å². The van der Waals surface area contributed by atoms with Gasteiger partial charge in [0.2, 0.25) is 11.8 Å². The van der Waals surface area contributed by atoms with Crippen molar-refractivity contribution in [3.05, 3.63) is 52.2 Å². The maximum absolute atomic E-state index is 12.4. The Morgan fingerprint density at radius 1 is 1.08 bits per heavy atom. The van der Waals surface area contributed by atoms with E-state index in [0.29, 0.717) is 22.8 Å². The van der Waals surface area contributed by atoms with Crippen LogP contribution in [0.15, 0.2) is 35.1 Å². The molecule has 2 N–H and O–H groups in total. The number of nitrogens with zero attached hydrogens (tertiary/aromatic N) is 2. The second-order valence-electron chi connectivity index (χ2n) is 5.62. The fraction of sp³-hybridized carbons (Fsp3) is 0.294. The molecule has 0 unspecified atom stereocenters. The predicted octanol–water partition coefficient (Wildman–Crippen LogP) is 2.02. The van der Waals surface area contributed by atoms with Crippen LogP contribution in [-0.4, -0.2) is 21.4 Å². The highest BCUT2D eigenvalue weighted by Crippen LogP contribution is 2.16. The van der Waals surface area contributed by atoms with Gasteiger partial charge in [-0.15, -0.1) is 0 Å². The molecule has 0 saturated carbocycles. The summed E-state index contributed by atoms with van der Waals surface area (Å²) in [6, 6.07) is 7.80. The average Bonchev–Trinajstić information content (AvgIpc) is 2.47. The summed E-state index contributed by atoms with van der Waals surface area (Å²) in [6.45, 7) is 6.57. The second-order valence-corrected chi connectivity index (χ2v) is 5.62. The van der Waals surface area contributed by atoms with Gasteiger partial charge in [-0.3, -0.25) is 14.2 Å². The Hall–Kier alpha value is -2.96. The first-order valence-corrected chi connectivity index (χ1v) is 7.53. The molecule has 24 heavy (non-hydrogen) atoms. The van der Waals surface area contributed by atoms with Gasteiger partial charge in [0.15, 0.2) is 0 Å². The lowest BCUT2D eigenvalue weighted by atomic mass is 10.2. The summed E-state index contributed by atoms with van der Waals surface area (Å²) in [5, 5.41) is 5.40. The number of aromatic nitrogens is 2. The summed E-state index contributed by atoms with van der Waals surface area (Å²) >= 11 is 0. The zero-order valence-corrected chi connectivity index (χ0v) is 14.1. The van der Waals surface area contributed by atoms with Gasteiger partial charge in [0.25, 0.3) is 0 Å². The lowest BCUT2D eigenvalue weighted by Gasteiger charge is -2.17. The minimum absolute atomic E-state index is 0.165. The second kappa shape index (κ2) is 7.08. The standard InChI is InChI=1S/C17H20N4O3/c1-10-9-11(2)21(17(24)18-10)12(3)16(23)20-15-7-5-14(6-8-15)19-13(4)22/h5-9,12H,1-4H3,(H,19,22)(H,20,23)/t12-/m0/s1. The van der Waals surface area contributed by atoms with Crippen molar-refractivity contribution in [1.29, 1.82) is 0 Å². The van der Waals surface area contributed by atoms with E-state index in [4.69, 9.17) is 0 Å². The van der Waals surface area contributed by atoms with Gasteiger partial charge in [0.1, 0.15) is 6.04 Å². The molecule has 0 aliphatic heterocycles. The molecule has 0 aliphatic carbocycles. The monoisotopic (exact) mass is 328 g/mol. The normalized spacial score (nSPS) is 11.7. The fourth-order valence-electron chi connectivity index (χ4n) is 2.43. The Labute approximate surface area is 139 Å². The van der Waals surface area contributed by atoms with Crippen LogP contribution in [0.4, 0.5) is 11.4 Å². The minimum atomic E-state index is -0.694. The molecule has 0 radical (unpaired) electrons. The molecule has 2 rings (SSSR count). The van der Waals surface area contributed by atoms with Crippen LogP contribution in [0.3, 0.4) is 0 Å². The number of nitrogens with one attached hydrogen (secondary N) is 2. The maximum Gasteiger partial charge on any atom is 0.348 e. The molecular weight excluding hydrogens is 308 g/mol. The zero-order valence-electron chi connectivity index (χ0n) is 14.1.